The Morgan fingerprint density at radius 3 is 2.40 bits per heavy atom. The summed E-state index contributed by atoms with van der Waals surface area (Å²) in [7, 11) is 0. The normalized spacial score (nSPS) is 30.0. The molecular formula is C17H32N2O. The first-order valence-electron chi connectivity index (χ1n) is 8.94. The second-order valence-electron chi connectivity index (χ2n) is 7.44. The highest BCUT2D eigenvalue weighted by Gasteiger charge is 2.32. The maximum absolute atomic E-state index is 10.4. The summed E-state index contributed by atoms with van der Waals surface area (Å²) in [5.74, 6) is 1.62. The molecule has 1 saturated heterocycles. The van der Waals surface area contributed by atoms with E-state index < -0.39 is 0 Å². The average Bonchev–Trinajstić information content (AvgIpc) is 3.18. The minimum atomic E-state index is -0.0877. The molecule has 1 heterocycles. The third kappa shape index (κ3) is 4.44. The summed E-state index contributed by atoms with van der Waals surface area (Å²) in [4.78, 5) is 2.61. The van der Waals surface area contributed by atoms with E-state index in [0.29, 0.717) is 0 Å². The van der Waals surface area contributed by atoms with Gasteiger partial charge in [-0.3, -0.25) is 4.90 Å². The molecule has 2 N–H and O–H groups in total. The molecule has 0 bridgehead atoms. The van der Waals surface area contributed by atoms with Gasteiger partial charge in [-0.25, -0.2) is 0 Å². The fraction of sp³-hybridized carbons (Fsp3) is 1.00. The van der Waals surface area contributed by atoms with Crippen molar-refractivity contribution in [2.75, 3.05) is 26.2 Å². The summed E-state index contributed by atoms with van der Waals surface area (Å²) < 4.78 is 0. The van der Waals surface area contributed by atoms with Gasteiger partial charge in [-0.2, -0.15) is 0 Å². The van der Waals surface area contributed by atoms with Gasteiger partial charge in [-0.1, -0.05) is 25.7 Å². The molecule has 2 saturated carbocycles. The number of nitrogens with one attached hydrogen (secondary N) is 1. The van der Waals surface area contributed by atoms with E-state index >= 15 is 0 Å². The highest BCUT2D eigenvalue weighted by atomic mass is 16.3. The van der Waals surface area contributed by atoms with Crippen LogP contribution < -0.4 is 5.32 Å². The van der Waals surface area contributed by atoms with Crippen molar-refractivity contribution in [3.8, 4) is 0 Å². The van der Waals surface area contributed by atoms with Crippen LogP contribution >= 0.6 is 0 Å². The van der Waals surface area contributed by atoms with Gasteiger partial charge in [0.1, 0.15) is 0 Å². The lowest BCUT2D eigenvalue weighted by Crippen LogP contribution is -2.42. The third-order valence-corrected chi connectivity index (χ3v) is 5.48. The second-order valence-corrected chi connectivity index (χ2v) is 7.44. The van der Waals surface area contributed by atoms with Crippen molar-refractivity contribution in [1.29, 1.82) is 0 Å². The molecular weight excluding hydrogens is 248 g/mol. The monoisotopic (exact) mass is 280 g/mol. The molecule has 20 heavy (non-hydrogen) atoms. The van der Waals surface area contributed by atoms with Crippen LogP contribution in [0.15, 0.2) is 0 Å². The zero-order chi connectivity index (χ0) is 13.8. The summed E-state index contributed by atoms with van der Waals surface area (Å²) in [5, 5.41) is 14.0. The predicted molar refractivity (Wildman–Crippen MR) is 82.8 cm³/mol. The minimum absolute atomic E-state index is 0.0877. The van der Waals surface area contributed by atoms with Crippen LogP contribution in [0.3, 0.4) is 0 Å². The zero-order valence-electron chi connectivity index (χ0n) is 12.9. The third-order valence-electron chi connectivity index (χ3n) is 5.48. The van der Waals surface area contributed by atoms with Crippen LogP contribution in [0.1, 0.15) is 57.8 Å². The summed E-state index contributed by atoms with van der Waals surface area (Å²) in [6, 6.07) is 0.787. The van der Waals surface area contributed by atoms with Gasteiger partial charge in [0.25, 0.3) is 0 Å². The lowest BCUT2D eigenvalue weighted by atomic mass is 9.97. The number of hydrogen-bond donors (Lipinski definition) is 2. The average molecular weight is 280 g/mol. The first-order chi connectivity index (χ1) is 9.81. The zero-order valence-corrected chi connectivity index (χ0v) is 12.9. The van der Waals surface area contributed by atoms with Crippen LogP contribution in [0, 0.1) is 11.8 Å². The van der Waals surface area contributed by atoms with E-state index in [2.05, 4.69) is 10.2 Å². The number of nitrogens with zero attached hydrogens (tertiary/aromatic N) is 1. The van der Waals surface area contributed by atoms with E-state index in [1.807, 2.05) is 0 Å². The fourth-order valence-electron chi connectivity index (χ4n) is 4.20. The molecule has 0 radical (unpaired) electrons. The maximum atomic E-state index is 10.4. The molecule has 2 aliphatic carbocycles. The van der Waals surface area contributed by atoms with Gasteiger partial charge in [0.2, 0.25) is 0 Å². The Morgan fingerprint density at radius 2 is 1.75 bits per heavy atom. The van der Waals surface area contributed by atoms with E-state index in [1.165, 1.54) is 71.0 Å². The Hall–Kier alpha value is -0.120. The first kappa shape index (κ1) is 14.8. The number of rotatable bonds is 7. The molecule has 0 aromatic heterocycles. The van der Waals surface area contributed by atoms with Crippen molar-refractivity contribution in [3.63, 3.8) is 0 Å². The fourth-order valence-corrected chi connectivity index (χ4v) is 4.20. The largest absolute Gasteiger partial charge is 0.392 e. The molecule has 2 atom stereocenters. The number of hydrogen-bond acceptors (Lipinski definition) is 3. The van der Waals surface area contributed by atoms with Gasteiger partial charge in [-0.05, 0) is 57.0 Å². The molecule has 0 amide bonds. The Balaban J connectivity index is 1.43. The Bertz CT molecular complexity index is 281. The smallest absolute Gasteiger partial charge is 0.0669 e. The van der Waals surface area contributed by atoms with Crippen LogP contribution in [0.2, 0.25) is 0 Å². The second kappa shape index (κ2) is 7.24. The summed E-state index contributed by atoms with van der Waals surface area (Å²) in [6.07, 6.45) is 11.9. The van der Waals surface area contributed by atoms with E-state index in [0.717, 1.165) is 30.8 Å². The van der Waals surface area contributed by atoms with Crippen LogP contribution in [0.25, 0.3) is 0 Å². The van der Waals surface area contributed by atoms with Crippen molar-refractivity contribution < 1.29 is 5.11 Å². The number of aliphatic hydroxyl groups is 1. The number of piperidine rings is 1. The molecule has 0 aromatic carbocycles. The van der Waals surface area contributed by atoms with Gasteiger partial charge in [0, 0.05) is 19.1 Å². The van der Waals surface area contributed by atoms with Crippen LogP contribution in [0.4, 0.5) is 0 Å². The summed E-state index contributed by atoms with van der Waals surface area (Å²) in [5.41, 5.74) is 0. The molecule has 1 aliphatic heterocycles. The molecule has 3 fully saturated rings. The SMILES string of the molecule is OC(CC1CCCC1)CN(CC1CCCNC1)C1CC1. The van der Waals surface area contributed by atoms with Crippen LogP contribution in [-0.4, -0.2) is 48.3 Å². The van der Waals surface area contributed by atoms with Crippen molar-refractivity contribution >= 4 is 0 Å². The molecule has 0 aromatic rings. The van der Waals surface area contributed by atoms with Gasteiger partial charge < -0.3 is 10.4 Å². The van der Waals surface area contributed by atoms with Gasteiger partial charge >= 0.3 is 0 Å². The van der Waals surface area contributed by atoms with Crippen molar-refractivity contribution in [2.24, 2.45) is 11.8 Å². The Morgan fingerprint density at radius 1 is 1.00 bits per heavy atom. The quantitative estimate of drug-likeness (QED) is 0.751. The lowest BCUT2D eigenvalue weighted by molar-refractivity contribution is 0.0768. The summed E-state index contributed by atoms with van der Waals surface area (Å²) >= 11 is 0. The topological polar surface area (TPSA) is 35.5 Å². The maximum Gasteiger partial charge on any atom is 0.0669 e. The number of aliphatic hydroxyl groups excluding tert-OH is 1. The Labute approximate surface area is 124 Å². The molecule has 3 nitrogen and oxygen atoms in total. The summed E-state index contributed by atoms with van der Waals surface area (Å²) in [6.45, 7) is 4.52. The van der Waals surface area contributed by atoms with E-state index in [4.69, 9.17) is 0 Å². The van der Waals surface area contributed by atoms with Crippen LogP contribution in [-0.2, 0) is 0 Å². The van der Waals surface area contributed by atoms with E-state index in [-0.39, 0.29) is 6.10 Å². The van der Waals surface area contributed by atoms with Crippen molar-refractivity contribution in [1.82, 2.24) is 10.2 Å². The molecule has 0 spiro atoms. The molecule has 2 unspecified atom stereocenters. The minimum Gasteiger partial charge on any atom is -0.392 e. The van der Waals surface area contributed by atoms with Crippen molar-refractivity contribution in [3.05, 3.63) is 0 Å². The Kier molecular flexibility index (Phi) is 5.36. The van der Waals surface area contributed by atoms with E-state index in [9.17, 15) is 5.11 Å². The van der Waals surface area contributed by atoms with Crippen molar-refractivity contribution in [2.45, 2.75) is 69.9 Å². The van der Waals surface area contributed by atoms with Crippen LogP contribution in [0.5, 0.6) is 0 Å². The van der Waals surface area contributed by atoms with Gasteiger partial charge in [0.05, 0.1) is 6.10 Å². The van der Waals surface area contributed by atoms with Gasteiger partial charge in [0.15, 0.2) is 0 Å². The molecule has 3 aliphatic rings. The van der Waals surface area contributed by atoms with Gasteiger partial charge in [-0.15, -0.1) is 0 Å². The standard InChI is InChI=1S/C17H32N2O/c20-17(10-14-4-1-2-5-14)13-19(16-7-8-16)12-15-6-3-9-18-11-15/h14-18,20H,1-13H2. The first-order valence-corrected chi connectivity index (χ1v) is 8.94. The van der Waals surface area contributed by atoms with E-state index in [1.54, 1.807) is 0 Å². The molecule has 3 heteroatoms. The highest BCUT2D eigenvalue weighted by Crippen LogP contribution is 2.31. The molecule has 3 rings (SSSR count). The predicted octanol–water partition coefficient (Wildman–Crippen LogP) is 2.39. The molecule has 116 valence electrons. The lowest BCUT2D eigenvalue weighted by Gasteiger charge is -2.32. The highest BCUT2D eigenvalue weighted by molar-refractivity contribution is 4.88.